The van der Waals surface area contributed by atoms with Crippen LogP contribution in [0.3, 0.4) is 0 Å². The molecule has 0 aliphatic carbocycles. The summed E-state index contributed by atoms with van der Waals surface area (Å²) in [5.41, 5.74) is 1.19. The lowest BCUT2D eigenvalue weighted by molar-refractivity contribution is -0.118. The van der Waals surface area contributed by atoms with Gasteiger partial charge in [-0.1, -0.05) is 48.5 Å². The normalized spacial score (nSPS) is 23.7. The molecule has 24 heavy (non-hydrogen) atoms. The highest BCUT2D eigenvalue weighted by atomic mass is 16.5. The van der Waals surface area contributed by atoms with Crippen molar-refractivity contribution in [1.82, 2.24) is 0 Å². The Labute approximate surface area is 142 Å². The van der Waals surface area contributed by atoms with Gasteiger partial charge in [0.25, 0.3) is 0 Å². The Balaban J connectivity index is 2.26. The third-order valence-electron chi connectivity index (χ3n) is 4.52. The van der Waals surface area contributed by atoms with Crippen LogP contribution in [0.2, 0.25) is 0 Å². The molecule has 124 valence electrons. The van der Waals surface area contributed by atoms with Crippen molar-refractivity contribution in [3.63, 3.8) is 0 Å². The van der Waals surface area contributed by atoms with Gasteiger partial charge >= 0.3 is 0 Å². The molecular weight excluding hydrogens is 302 g/mol. The van der Waals surface area contributed by atoms with Crippen molar-refractivity contribution in [1.29, 1.82) is 0 Å². The van der Waals surface area contributed by atoms with E-state index in [0.717, 1.165) is 5.69 Å². The fourth-order valence-electron chi connectivity index (χ4n) is 3.54. The van der Waals surface area contributed by atoms with E-state index in [2.05, 4.69) is 0 Å². The summed E-state index contributed by atoms with van der Waals surface area (Å²) in [6.07, 6.45) is -0.766. The smallest absolute Gasteiger partial charge is 0.200 e. The standard InChI is InChI=1S/C20H21NO3/c1-14-18(15(2)22)19(24-3)20(23,16-10-6-4-7-11-16)21(14)17-12-8-5-9-13-17/h4-13,19,23H,1-3H3. The summed E-state index contributed by atoms with van der Waals surface area (Å²) >= 11 is 0. The number of aliphatic hydroxyl groups is 1. The lowest BCUT2D eigenvalue weighted by atomic mass is 9.92. The van der Waals surface area contributed by atoms with Crippen molar-refractivity contribution in [2.75, 3.05) is 12.0 Å². The average molecular weight is 323 g/mol. The highest BCUT2D eigenvalue weighted by Gasteiger charge is 2.54. The molecule has 1 aliphatic rings. The van der Waals surface area contributed by atoms with Crippen LogP contribution < -0.4 is 4.90 Å². The van der Waals surface area contributed by atoms with E-state index >= 15 is 0 Å². The molecule has 0 fully saturated rings. The van der Waals surface area contributed by atoms with Crippen LogP contribution in [-0.2, 0) is 15.3 Å². The van der Waals surface area contributed by atoms with Gasteiger partial charge in [-0.15, -0.1) is 0 Å². The summed E-state index contributed by atoms with van der Waals surface area (Å²) in [6.45, 7) is 3.35. The van der Waals surface area contributed by atoms with Crippen molar-refractivity contribution in [2.45, 2.75) is 25.7 Å². The van der Waals surface area contributed by atoms with E-state index in [1.807, 2.05) is 67.6 Å². The van der Waals surface area contributed by atoms with Gasteiger partial charge in [-0.25, -0.2) is 0 Å². The second-order valence-corrected chi connectivity index (χ2v) is 5.93. The predicted molar refractivity (Wildman–Crippen MR) is 93.4 cm³/mol. The van der Waals surface area contributed by atoms with Gasteiger partial charge < -0.3 is 14.7 Å². The minimum atomic E-state index is -1.48. The third-order valence-corrected chi connectivity index (χ3v) is 4.52. The summed E-state index contributed by atoms with van der Waals surface area (Å²) in [7, 11) is 1.52. The van der Waals surface area contributed by atoms with Gasteiger partial charge in [-0.05, 0) is 26.0 Å². The number of benzene rings is 2. The van der Waals surface area contributed by atoms with Crippen LogP contribution in [0.4, 0.5) is 5.69 Å². The zero-order chi connectivity index (χ0) is 17.3. The van der Waals surface area contributed by atoms with Crippen molar-refractivity contribution in [2.24, 2.45) is 0 Å². The topological polar surface area (TPSA) is 49.8 Å². The van der Waals surface area contributed by atoms with Gasteiger partial charge in [0.05, 0.1) is 0 Å². The van der Waals surface area contributed by atoms with E-state index in [4.69, 9.17) is 4.74 Å². The number of rotatable bonds is 4. The molecular formula is C20H21NO3. The maximum Gasteiger partial charge on any atom is 0.200 e. The van der Waals surface area contributed by atoms with E-state index in [1.165, 1.54) is 14.0 Å². The molecule has 4 nitrogen and oxygen atoms in total. The molecule has 0 saturated carbocycles. The highest BCUT2D eigenvalue weighted by Crippen LogP contribution is 2.46. The van der Waals surface area contributed by atoms with E-state index in [0.29, 0.717) is 16.8 Å². The van der Waals surface area contributed by atoms with Gasteiger partial charge in [-0.2, -0.15) is 0 Å². The van der Waals surface area contributed by atoms with Crippen LogP contribution in [0.1, 0.15) is 19.4 Å². The van der Waals surface area contributed by atoms with Crippen molar-refractivity contribution < 1.29 is 14.6 Å². The van der Waals surface area contributed by atoms with Gasteiger partial charge in [-0.3, -0.25) is 4.79 Å². The number of Topliss-reactive ketones (excluding diaryl/α,β-unsaturated/α-hetero) is 1. The van der Waals surface area contributed by atoms with E-state index in [-0.39, 0.29) is 5.78 Å². The van der Waals surface area contributed by atoms with Crippen LogP contribution in [0.5, 0.6) is 0 Å². The lowest BCUT2D eigenvalue weighted by Gasteiger charge is -2.40. The minimum absolute atomic E-state index is 0.105. The minimum Gasteiger partial charge on any atom is -0.371 e. The molecule has 0 spiro atoms. The number of para-hydroxylation sites is 1. The van der Waals surface area contributed by atoms with Gasteiger partial charge in [0.1, 0.15) is 6.10 Å². The Morgan fingerprint density at radius 2 is 1.62 bits per heavy atom. The second kappa shape index (κ2) is 6.23. The number of ether oxygens (including phenoxy) is 1. The summed E-state index contributed by atoms with van der Waals surface area (Å²) in [5.74, 6) is -0.105. The molecule has 2 aromatic rings. The summed E-state index contributed by atoms with van der Waals surface area (Å²) in [4.78, 5) is 14.0. The largest absolute Gasteiger partial charge is 0.371 e. The summed E-state index contributed by atoms with van der Waals surface area (Å²) in [5, 5.41) is 11.7. The van der Waals surface area contributed by atoms with Gasteiger partial charge in [0, 0.05) is 29.6 Å². The molecule has 2 aromatic carbocycles. The van der Waals surface area contributed by atoms with Crippen LogP contribution in [0, 0.1) is 0 Å². The molecule has 0 aromatic heterocycles. The number of methoxy groups -OCH3 is 1. The molecule has 0 radical (unpaired) electrons. The Kier molecular flexibility index (Phi) is 4.26. The number of hydrogen-bond donors (Lipinski definition) is 1. The Morgan fingerprint density at radius 3 is 2.12 bits per heavy atom. The fraction of sp³-hybridized carbons (Fsp3) is 0.250. The molecule has 0 saturated heterocycles. The predicted octanol–water partition coefficient (Wildman–Crippen LogP) is 3.23. The third kappa shape index (κ3) is 2.35. The first kappa shape index (κ1) is 16.4. The monoisotopic (exact) mass is 323 g/mol. The summed E-state index contributed by atoms with van der Waals surface area (Å²) in [6, 6.07) is 18.9. The molecule has 1 aliphatic heterocycles. The Hall–Kier alpha value is -2.43. The molecule has 1 heterocycles. The molecule has 4 heteroatoms. The number of allylic oxidation sites excluding steroid dienone is 1. The lowest BCUT2D eigenvalue weighted by Crippen LogP contribution is -2.50. The molecule has 0 bridgehead atoms. The maximum atomic E-state index is 12.2. The van der Waals surface area contributed by atoms with Crippen LogP contribution in [0.15, 0.2) is 71.9 Å². The Morgan fingerprint density at radius 1 is 1.08 bits per heavy atom. The first-order valence-corrected chi connectivity index (χ1v) is 7.89. The van der Waals surface area contributed by atoms with Crippen LogP contribution in [0.25, 0.3) is 0 Å². The Bertz CT molecular complexity index is 770. The fourth-order valence-corrected chi connectivity index (χ4v) is 3.54. The van der Waals surface area contributed by atoms with E-state index in [9.17, 15) is 9.90 Å². The first-order valence-electron chi connectivity index (χ1n) is 7.89. The number of carbonyl (C=O) groups excluding carboxylic acids is 1. The molecule has 2 atom stereocenters. The number of anilines is 1. The van der Waals surface area contributed by atoms with Crippen molar-refractivity contribution >= 4 is 11.5 Å². The van der Waals surface area contributed by atoms with Gasteiger partial charge in [0.2, 0.25) is 0 Å². The SMILES string of the molecule is COC1C(C(C)=O)=C(C)N(c2ccccc2)C1(O)c1ccccc1. The molecule has 1 N–H and O–H groups in total. The quantitative estimate of drug-likeness (QED) is 0.938. The first-order chi connectivity index (χ1) is 11.5. The number of ketones is 1. The van der Waals surface area contributed by atoms with Crippen molar-refractivity contribution in [3.05, 3.63) is 77.5 Å². The van der Waals surface area contributed by atoms with Gasteiger partial charge in [0.15, 0.2) is 11.5 Å². The van der Waals surface area contributed by atoms with Crippen molar-refractivity contribution in [3.8, 4) is 0 Å². The molecule has 0 amide bonds. The summed E-state index contributed by atoms with van der Waals surface area (Å²) < 4.78 is 5.61. The number of hydrogen-bond acceptors (Lipinski definition) is 4. The molecule has 2 unspecified atom stereocenters. The van der Waals surface area contributed by atoms with E-state index in [1.54, 1.807) is 4.90 Å². The maximum absolute atomic E-state index is 12.2. The van der Waals surface area contributed by atoms with Crippen LogP contribution >= 0.6 is 0 Å². The highest BCUT2D eigenvalue weighted by molar-refractivity contribution is 5.97. The van der Waals surface area contributed by atoms with Crippen LogP contribution in [-0.4, -0.2) is 24.1 Å². The second-order valence-electron chi connectivity index (χ2n) is 5.93. The number of nitrogens with zero attached hydrogens (tertiary/aromatic N) is 1. The average Bonchev–Trinajstić information content (AvgIpc) is 2.84. The van der Waals surface area contributed by atoms with E-state index < -0.39 is 11.8 Å². The zero-order valence-corrected chi connectivity index (χ0v) is 14.1. The zero-order valence-electron chi connectivity index (χ0n) is 14.1. The molecule has 3 rings (SSSR count). The number of carbonyl (C=O) groups is 1.